The lowest BCUT2D eigenvalue weighted by Gasteiger charge is -2.20. The van der Waals surface area contributed by atoms with Crippen molar-refractivity contribution in [2.75, 3.05) is 5.01 Å². The molecule has 116 valence electrons. The van der Waals surface area contributed by atoms with E-state index in [-0.39, 0.29) is 11.8 Å². The number of hydrogen-bond donors (Lipinski definition) is 3. The lowest BCUT2D eigenvalue weighted by atomic mass is 10.2. The Hall–Kier alpha value is -1.87. The molecule has 1 aromatic carbocycles. The number of ether oxygens (including phenoxy) is 1. The molecule has 0 atom stereocenters. The highest BCUT2D eigenvalue weighted by atomic mass is 79.9. The Balaban J connectivity index is 2.27. The van der Waals surface area contributed by atoms with Gasteiger partial charge in [-0.3, -0.25) is 5.43 Å². The van der Waals surface area contributed by atoms with Crippen LogP contribution in [0.25, 0.3) is 0 Å². The van der Waals surface area contributed by atoms with Crippen molar-refractivity contribution < 1.29 is 9.53 Å². The summed E-state index contributed by atoms with van der Waals surface area (Å²) in [6.45, 7) is 0.133. The van der Waals surface area contributed by atoms with E-state index >= 15 is 0 Å². The number of pyridine rings is 1. The normalized spacial score (nSPS) is 10.2. The van der Waals surface area contributed by atoms with Gasteiger partial charge in [-0.1, -0.05) is 33.6 Å². The molecule has 0 saturated heterocycles. The second-order valence-electron chi connectivity index (χ2n) is 4.14. The number of carbonyl (C=O) groups excluding carboxylic acids is 1. The van der Waals surface area contributed by atoms with Crippen LogP contribution in [0.2, 0.25) is 5.15 Å². The van der Waals surface area contributed by atoms with Crippen LogP contribution in [0.15, 0.2) is 41.0 Å². The van der Waals surface area contributed by atoms with Crippen LogP contribution in [-0.4, -0.2) is 11.0 Å². The van der Waals surface area contributed by atoms with E-state index in [1.165, 1.54) is 0 Å². The highest BCUT2D eigenvalue weighted by molar-refractivity contribution is 9.10. The Kier molecular flexibility index (Phi) is 5.56. The van der Waals surface area contributed by atoms with E-state index in [1.54, 1.807) is 36.5 Å². The van der Waals surface area contributed by atoms with Crippen LogP contribution in [0, 0.1) is 0 Å². The summed E-state index contributed by atoms with van der Waals surface area (Å²) in [5.41, 5.74) is 3.07. The van der Waals surface area contributed by atoms with Gasteiger partial charge in [0, 0.05) is 16.2 Å². The van der Waals surface area contributed by atoms with E-state index in [0.717, 1.165) is 9.48 Å². The Morgan fingerprint density at radius 1 is 1.41 bits per heavy atom. The molecule has 0 aliphatic carbocycles. The molecule has 0 unspecified atom stereocenters. The molecule has 22 heavy (non-hydrogen) atoms. The van der Waals surface area contributed by atoms with Crippen LogP contribution in [-0.2, 0) is 6.61 Å². The van der Waals surface area contributed by atoms with Gasteiger partial charge in [0.15, 0.2) is 10.9 Å². The van der Waals surface area contributed by atoms with Gasteiger partial charge >= 0.3 is 6.03 Å². The Labute approximate surface area is 140 Å². The minimum atomic E-state index is -0.654. The quantitative estimate of drug-likeness (QED) is 0.324. The zero-order valence-corrected chi connectivity index (χ0v) is 13.6. The summed E-state index contributed by atoms with van der Waals surface area (Å²) >= 11 is 9.35. The number of nitrogens with one attached hydrogen (secondary N) is 1. The van der Waals surface area contributed by atoms with Crippen molar-refractivity contribution in [2.45, 2.75) is 6.61 Å². The number of rotatable bonds is 4. The standard InChI is InChI=1S/C13H13BrClN5O2/c14-9-3-1-4-10(20(17)13(21)19-16)8(9)7-22-11-5-2-6-18-12(11)15/h1-6H,7,16-17H2,(H,19,21). The highest BCUT2D eigenvalue weighted by Crippen LogP contribution is 2.29. The number of carbonyl (C=O) groups is 1. The Morgan fingerprint density at radius 2 is 2.18 bits per heavy atom. The molecular formula is C13H13BrClN5O2. The van der Waals surface area contributed by atoms with Crippen LogP contribution in [0.4, 0.5) is 10.5 Å². The lowest BCUT2D eigenvalue weighted by molar-refractivity contribution is 0.246. The van der Waals surface area contributed by atoms with Crippen molar-refractivity contribution in [1.82, 2.24) is 10.4 Å². The van der Waals surface area contributed by atoms with Gasteiger partial charge in [0.05, 0.1) is 5.69 Å². The van der Waals surface area contributed by atoms with Crippen LogP contribution < -0.4 is 26.9 Å². The van der Waals surface area contributed by atoms with Crippen molar-refractivity contribution in [2.24, 2.45) is 11.7 Å². The SMILES string of the molecule is NNC(=O)N(N)c1cccc(Br)c1COc1cccnc1Cl. The molecule has 0 saturated carbocycles. The monoisotopic (exact) mass is 385 g/mol. The zero-order chi connectivity index (χ0) is 16.1. The number of aromatic nitrogens is 1. The molecule has 0 radical (unpaired) electrons. The van der Waals surface area contributed by atoms with E-state index in [4.69, 9.17) is 28.0 Å². The highest BCUT2D eigenvalue weighted by Gasteiger charge is 2.17. The number of urea groups is 1. The first-order valence-electron chi connectivity index (χ1n) is 6.10. The van der Waals surface area contributed by atoms with Gasteiger partial charge in [-0.05, 0) is 24.3 Å². The molecular weight excluding hydrogens is 374 g/mol. The fourth-order valence-electron chi connectivity index (χ4n) is 1.72. The third-order valence-corrected chi connectivity index (χ3v) is 3.82. The van der Waals surface area contributed by atoms with Gasteiger partial charge in [0.25, 0.3) is 0 Å². The molecule has 5 N–H and O–H groups in total. The molecule has 7 nitrogen and oxygen atoms in total. The van der Waals surface area contributed by atoms with Gasteiger partial charge in [-0.25, -0.2) is 26.5 Å². The molecule has 0 aliphatic heterocycles. The van der Waals surface area contributed by atoms with Gasteiger partial charge in [-0.15, -0.1) is 0 Å². The molecule has 9 heteroatoms. The topological polar surface area (TPSA) is 106 Å². The first-order valence-corrected chi connectivity index (χ1v) is 7.27. The van der Waals surface area contributed by atoms with Crippen LogP contribution >= 0.6 is 27.5 Å². The Bertz CT molecular complexity index is 685. The fourth-order valence-corrected chi connectivity index (χ4v) is 2.37. The number of nitrogens with zero attached hydrogens (tertiary/aromatic N) is 2. The van der Waals surface area contributed by atoms with E-state index in [0.29, 0.717) is 17.0 Å². The summed E-state index contributed by atoms with van der Waals surface area (Å²) in [5, 5.41) is 1.15. The van der Waals surface area contributed by atoms with Gasteiger partial charge < -0.3 is 4.74 Å². The maximum Gasteiger partial charge on any atom is 0.350 e. The van der Waals surface area contributed by atoms with E-state index in [2.05, 4.69) is 20.9 Å². The van der Waals surface area contributed by atoms with Crippen LogP contribution in [0.1, 0.15) is 5.56 Å². The summed E-state index contributed by atoms with van der Waals surface area (Å²) in [4.78, 5) is 15.5. The van der Waals surface area contributed by atoms with Crippen molar-refractivity contribution in [3.63, 3.8) is 0 Å². The smallest absolute Gasteiger partial charge is 0.350 e. The second-order valence-corrected chi connectivity index (χ2v) is 5.35. The van der Waals surface area contributed by atoms with Crippen LogP contribution in [0.5, 0.6) is 5.75 Å². The summed E-state index contributed by atoms with van der Waals surface area (Å²) < 4.78 is 6.37. The van der Waals surface area contributed by atoms with E-state index < -0.39 is 6.03 Å². The minimum absolute atomic E-state index is 0.133. The number of anilines is 1. The summed E-state index contributed by atoms with van der Waals surface area (Å²) in [6, 6.07) is 7.96. The summed E-state index contributed by atoms with van der Waals surface area (Å²) in [7, 11) is 0. The second kappa shape index (κ2) is 7.41. The number of hydrazine groups is 2. The minimum Gasteiger partial charge on any atom is -0.486 e. The van der Waals surface area contributed by atoms with Crippen molar-refractivity contribution in [1.29, 1.82) is 0 Å². The third-order valence-electron chi connectivity index (χ3n) is 2.79. The Morgan fingerprint density at radius 3 is 2.86 bits per heavy atom. The zero-order valence-electron chi connectivity index (χ0n) is 11.3. The summed E-state index contributed by atoms with van der Waals surface area (Å²) in [5.74, 6) is 11.3. The number of hydrogen-bond acceptors (Lipinski definition) is 5. The molecule has 0 fully saturated rings. The largest absolute Gasteiger partial charge is 0.486 e. The molecule has 0 spiro atoms. The average Bonchev–Trinajstić information content (AvgIpc) is 2.53. The predicted octanol–water partition coefficient (Wildman–Crippen LogP) is 2.34. The predicted molar refractivity (Wildman–Crippen MR) is 87.1 cm³/mol. The molecule has 2 amide bonds. The lowest BCUT2D eigenvalue weighted by Crippen LogP contribution is -2.48. The molecule has 1 aromatic heterocycles. The van der Waals surface area contributed by atoms with Crippen molar-refractivity contribution >= 4 is 39.2 Å². The van der Waals surface area contributed by atoms with Gasteiger partial charge in [0.2, 0.25) is 0 Å². The molecule has 2 aromatic rings. The number of amides is 2. The summed E-state index contributed by atoms with van der Waals surface area (Å²) in [6.07, 6.45) is 1.56. The fraction of sp³-hybridized carbons (Fsp3) is 0.0769. The molecule has 1 heterocycles. The molecule has 2 rings (SSSR count). The number of benzene rings is 1. The first kappa shape index (κ1) is 16.5. The number of halogens is 2. The molecule has 0 aliphatic rings. The average molecular weight is 387 g/mol. The maximum atomic E-state index is 11.6. The van der Waals surface area contributed by atoms with Gasteiger partial charge in [0.1, 0.15) is 6.61 Å². The van der Waals surface area contributed by atoms with Crippen molar-refractivity contribution in [3.05, 3.63) is 51.7 Å². The maximum absolute atomic E-state index is 11.6. The first-order chi connectivity index (χ1) is 10.5. The number of nitrogens with two attached hydrogens (primary N) is 2. The van der Waals surface area contributed by atoms with E-state index in [1.807, 2.05) is 5.43 Å². The van der Waals surface area contributed by atoms with Crippen molar-refractivity contribution in [3.8, 4) is 5.75 Å². The van der Waals surface area contributed by atoms with Crippen LogP contribution in [0.3, 0.4) is 0 Å². The molecule has 0 bridgehead atoms. The van der Waals surface area contributed by atoms with Gasteiger partial charge in [-0.2, -0.15) is 0 Å². The third kappa shape index (κ3) is 3.66. The van der Waals surface area contributed by atoms with E-state index in [9.17, 15) is 4.79 Å².